The minimum Gasteiger partial charge on any atom is -0.819 e. The van der Waals surface area contributed by atoms with E-state index in [1.54, 1.807) is 0 Å². The first-order valence-corrected chi connectivity index (χ1v) is 28.6. The predicted octanol–water partition coefficient (Wildman–Crippen LogP) is 9.49. The van der Waals surface area contributed by atoms with Crippen LogP contribution in [0.25, 0.3) is 0 Å². The molecule has 7 nitrogen and oxygen atoms in total. The van der Waals surface area contributed by atoms with Gasteiger partial charge in [-0.05, 0) is 19.3 Å². The molecule has 3 atom stereocenters. The summed E-state index contributed by atoms with van der Waals surface area (Å²) in [6.45, 7) is 8.04. The van der Waals surface area contributed by atoms with Crippen molar-refractivity contribution in [2.75, 3.05) is 19.8 Å². The average Bonchev–Trinajstić information content (AvgIpc) is 2.99. The Morgan fingerprint density at radius 2 is 0.542 bits per heavy atom. The van der Waals surface area contributed by atoms with Crippen LogP contribution in [0.2, 0.25) is 0 Å². The fraction of sp³-hybridized carbons (Fsp3) is 1.00. The van der Waals surface area contributed by atoms with Gasteiger partial charge < -0.3 is 65.0 Å². The first-order chi connectivity index (χ1) is 22.2. The first kappa shape index (κ1) is 60.7. The van der Waals surface area contributed by atoms with Crippen molar-refractivity contribution >= 4 is 102 Å². The summed E-state index contributed by atoms with van der Waals surface area (Å²) in [6, 6.07) is 0. The minimum atomic E-state index is -3.07. The monoisotopic (exact) mass is 950 g/mol. The van der Waals surface area contributed by atoms with E-state index in [0.717, 1.165) is 38.5 Å². The van der Waals surface area contributed by atoms with Crippen LogP contribution < -0.4 is 14.7 Å². The van der Waals surface area contributed by atoms with Gasteiger partial charge in [0.2, 0.25) is 0 Å². The zero-order valence-electron chi connectivity index (χ0n) is 29.6. The van der Waals surface area contributed by atoms with Crippen LogP contribution in [0.5, 0.6) is 0 Å². The van der Waals surface area contributed by atoms with E-state index in [-0.39, 0.29) is 21.1 Å². The summed E-state index contributed by atoms with van der Waals surface area (Å²) in [5, 5.41) is 0. The number of unbranched alkanes of at least 4 members (excludes halogenated alkanes) is 21. The van der Waals surface area contributed by atoms with Crippen molar-refractivity contribution in [1.82, 2.24) is 0 Å². The first-order valence-electron chi connectivity index (χ1n) is 17.3. The quantitative estimate of drug-likeness (QED) is 0.0295. The van der Waals surface area contributed by atoms with E-state index in [9.17, 15) is 14.7 Å². The van der Waals surface area contributed by atoms with Gasteiger partial charge in [0, 0.05) is 40.9 Å². The Labute approximate surface area is 346 Å². The van der Waals surface area contributed by atoms with E-state index in [2.05, 4.69) is 105 Å². The molecule has 0 aliphatic carbocycles. The van der Waals surface area contributed by atoms with Crippen molar-refractivity contribution in [1.29, 1.82) is 0 Å². The summed E-state index contributed by atoms with van der Waals surface area (Å²) in [5.41, 5.74) is -9.21. The Morgan fingerprint density at radius 3 is 0.688 bits per heavy atom. The molecule has 0 aliphatic heterocycles. The molecule has 0 saturated heterocycles. The molecule has 0 heterocycles. The van der Waals surface area contributed by atoms with Crippen LogP contribution >= 0.6 is 17.1 Å². The summed E-state index contributed by atoms with van der Waals surface area (Å²) in [4.78, 5) is 32.5. The summed E-state index contributed by atoms with van der Waals surface area (Å²) in [5.74, 6) is 0. The van der Waals surface area contributed by atoms with Crippen molar-refractivity contribution in [3.05, 3.63) is 0 Å². The topological polar surface area (TPSA) is 114 Å². The molecular weight excluding hydrogens is 886 g/mol. The molecule has 18 heteroatoms. The van der Waals surface area contributed by atoms with Crippen molar-refractivity contribution in [3.8, 4) is 0 Å². The smallest absolute Gasteiger partial charge is 0.197 e. The third-order valence-corrected chi connectivity index (χ3v) is 10.1. The van der Waals surface area contributed by atoms with Gasteiger partial charge in [-0.3, -0.25) is 0 Å². The molecule has 0 aromatic heterocycles. The molecule has 0 aromatic carbocycles. The third kappa shape index (κ3) is 74.6. The molecule has 0 amide bonds. The van der Waals surface area contributed by atoms with Crippen LogP contribution in [0.4, 0.5) is 0 Å². The van der Waals surface area contributed by atoms with Gasteiger partial charge in [0.15, 0.2) is 12.5 Å². The maximum absolute atomic E-state index is 10.8. The van der Waals surface area contributed by atoms with Crippen molar-refractivity contribution < 1.29 is 53.5 Å². The second-order valence-electron chi connectivity index (χ2n) is 11.3. The van der Waals surface area contributed by atoms with Gasteiger partial charge in [0.05, 0.1) is 0 Å². The Balaban J connectivity index is -0.000000186. The molecule has 48 heavy (non-hydrogen) atoms. The maximum atomic E-state index is 10.8. The van der Waals surface area contributed by atoms with Crippen molar-refractivity contribution in [2.24, 2.45) is 0 Å². The Bertz CT molecular complexity index is 669. The molecule has 0 aliphatic rings. The number of hydrogen-bond donors (Lipinski definition) is 0. The maximum Gasteiger partial charge on any atom is 0.197 e. The molecule has 0 rings (SSSR count). The summed E-state index contributed by atoms with van der Waals surface area (Å²) in [6.07, 6.45) is 29.6. The molecule has 0 bridgehead atoms. The molecule has 294 valence electrons. The Hall–Kier alpha value is 3.47. The van der Waals surface area contributed by atoms with Gasteiger partial charge >= 0.3 is 0 Å². The van der Waals surface area contributed by atoms with E-state index in [4.69, 9.17) is 17.8 Å². The summed E-state index contributed by atoms with van der Waals surface area (Å²) in [7, 11) is 0. The normalized spacial score (nSPS) is 14.3. The van der Waals surface area contributed by atoms with E-state index in [0.29, 0.717) is 19.8 Å². The van der Waals surface area contributed by atoms with Gasteiger partial charge in [-0.15, -0.1) is 52.5 Å². The van der Waals surface area contributed by atoms with E-state index >= 15 is 0 Å². The predicted molar refractivity (Wildman–Crippen MR) is 219 cm³/mol. The van der Waals surface area contributed by atoms with Gasteiger partial charge in [-0.2, -0.15) is 4.21 Å². The average molecular weight is 949 g/mol. The molecule has 0 saturated carbocycles. The number of rotatable bonds is 30. The summed E-state index contributed by atoms with van der Waals surface area (Å²) < 4.78 is 22.4. The van der Waals surface area contributed by atoms with Crippen LogP contribution in [-0.2, 0) is 119 Å². The SMILES string of the molecule is CCCCCCCCCCOP([O-])(=S)[S-].CCCCCCCCCCOP([O-])(=S)[S-].CCCCCCCCCCOP([O-])(=S)[S-].O=S.[Mo]. The van der Waals surface area contributed by atoms with Crippen LogP contribution in [0, 0.1) is 0 Å². The zero-order chi connectivity index (χ0) is 36.7. The molecule has 0 radical (unpaired) electrons. The van der Waals surface area contributed by atoms with E-state index < -0.39 is 17.1 Å². The van der Waals surface area contributed by atoms with Gasteiger partial charge in [0.25, 0.3) is 0 Å². The Kier molecular flexibility index (Phi) is 59.0. The molecule has 0 spiro atoms. The third-order valence-electron chi connectivity index (χ3n) is 6.74. The van der Waals surface area contributed by atoms with Crippen LogP contribution in [0.1, 0.15) is 175 Å². The zero-order valence-corrected chi connectivity index (χ0v) is 40.0. The molecule has 0 fully saturated rings. The molecular formula is C30H63MoO7P3S7-6. The van der Waals surface area contributed by atoms with Gasteiger partial charge in [-0.25, -0.2) is 0 Å². The van der Waals surface area contributed by atoms with Crippen LogP contribution in [0.3, 0.4) is 0 Å². The van der Waals surface area contributed by atoms with E-state index in [1.807, 2.05) is 0 Å². The molecule has 0 aromatic rings. The van der Waals surface area contributed by atoms with Crippen LogP contribution in [0.15, 0.2) is 0 Å². The Morgan fingerprint density at radius 1 is 0.396 bits per heavy atom. The van der Waals surface area contributed by atoms with Gasteiger partial charge in [-0.1, -0.05) is 156 Å². The molecule has 0 N–H and O–H groups in total. The minimum absolute atomic E-state index is 0. The number of hydrogen-bond acceptors (Lipinski definition) is 14. The summed E-state index contributed by atoms with van der Waals surface area (Å²) >= 11 is 29.7. The molecule has 3 unspecified atom stereocenters. The second kappa shape index (κ2) is 46.6. The fourth-order valence-electron chi connectivity index (χ4n) is 4.24. The van der Waals surface area contributed by atoms with Crippen molar-refractivity contribution in [2.45, 2.75) is 175 Å². The van der Waals surface area contributed by atoms with Crippen molar-refractivity contribution in [3.63, 3.8) is 0 Å². The fourth-order valence-corrected chi connectivity index (χ4v) is 6.64. The standard InChI is InChI=1S/3C10H23O2PS2.Mo.OS/c3*1-2-3-4-5-6-7-8-9-10-12-13(11,14)15;;1-2/h3*2-10H2,1H3,(H2,11,14,15);;/p-6. The van der Waals surface area contributed by atoms with E-state index in [1.165, 1.54) is 116 Å². The largest absolute Gasteiger partial charge is 0.819 e. The van der Waals surface area contributed by atoms with Gasteiger partial charge in [0.1, 0.15) is 0 Å². The second-order valence-corrected chi connectivity index (χ2v) is 25.5. The van der Waals surface area contributed by atoms with Crippen LogP contribution in [-0.4, -0.2) is 24.0 Å².